The number of nitro groups is 1. The predicted molar refractivity (Wildman–Crippen MR) is 154 cm³/mol. The van der Waals surface area contributed by atoms with E-state index in [0.717, 1.165) is 73.8 Å². The van der Waals surface area contributed by atoms with Crippen molar-refractivity contribution in [3.8, 4) is 0 Å². The monoisotopic (exact) mass is 602 g/mol. The fourth-order valence-electron chi connectivity index (χ4n) is 5.86. The summed E-state index contributed by atoms with van der Waals surface area (Å²) in [5, 5.41) is 15.8. The Bertz CT molecular complexity index is 1450. The number of alkyl halides is 3. The fraction of sp³-hybridized carbons (Fsp3) is 0.452. The maximum Gasteiger partial charge on any atom is 0.423 e. The van der Waals surface area contributed by atoms with Gasteiger partial charge >= 0.3 is 6.18 Å². The highest BCUT2D eigenvalue weighted by Gasteiger charge is 2.38. The van der Waals surface area contributed by atoms with Crippen LogP contribution in [0.3, 0.4) is 0 Å². The van der Waals surface area contributed by atoms with Gasteiger partial charge in [-0.1, -0.05) is 18.2 Å². The minimum Gasteiger partial charge on any atom is -0.385 e. The van der Waals surface area contributed by atoms with Crippen molar-refractivity contribution < 1.29 is 32.0 Å². The van der Waals surface area contributed by atoms with E-state index in [0.29, 0.717) is 19.6 Å². The van der Waals surface area contributed by atoms with Crippen molar-refractivity contribution in [1.82, 2.24) is 9.80 Å². The standard InChI is InChI=1S/C31H34F4N4O4/c32-25-6-5-23-15-22(1-4-24(23)16-25)19-37-11-13-38(14-12-37)30(40)20-43-27-8-2-21(3-9-27)18-36-26-7-10-29(39(41)42)28(17-26)31(33,34)35/h1,4-7,10,15-17,21,27,36H,2-3,8-9,11-14,18-20H2. The molecule has 8 nitrogen and oxygen atoms in total. The first kappa shape index (κ1) is 30.7. The average molecular weight is 603 g/mol. The Balaban J connectivity index is 1.00. The van der Waals surface area contributed by atoms with E-state index < -0.39 is 22.4 Å². The van der Waals surface area contributed by atoms with Gasteiger partial charge in [0.15, 0.2) is 0 Å². The number of ether oxygens (including phenoxy) is 1. The lowest BCUT2D eigenvalue weighted by Crippen LogP contribution is -2.49. The van der Waals surface area contributed by atoms with Crippen molar-refractivity contribution >= 4 is 28.1 Å². The molecule has 0 bridgehead atoms. The number of nitro benzene ring substituents is 1. The van der Waals surface area contributed by atoms with Gasteiger partial charge < -0.3 is 15.0 Å². The number of piperazine rings is 1. The normalized spacial score (nSPS) is 19.9. The molecule has 1 aliphatic carbocycles. The number of fused-ring (bicyclic) bond motifs is 1. The SMILES string of the molecule is O=C(COC1CCC(CNc2ccc([N+](=O)[O-])c(C(F)(F)F)c2)CC1)N1CCN(Cc2ccc3cc(F)ccc3c2)CC1. The molecule has 3 aromatic carbocycles. The molecule has 3 aromatic rings. The number of nitrogens with one attached hydrogen (secondary N) is 1. The number of rotatable bonds is 9. The molecule has 43 heavy (non-hydrogen) atoms. The van der Waals surface area contributed by atoms with Crippen molar-refractivity contribution in [3.63, 3.8) is 0 Å². The minimum absolute atomic E-state index is 0.0256. The molecule has 1 saturated heterocycles. The molecule has 0 aromatic heterocycles. The van der Waals surface area contributed by atoms with E-state index in [1.165, 1.54) is 18.2 Å². The molecule has 1 aliphatic heterocycles. The number of nitrogens with zero attached hydrogens (tertiary/aromatic N) is 3. The van der Waals surface area contributed by atoms with Crippen LogP contribution < -0.4 is 5.32 Å². The van der Waals surface area contributed by atoms with E-state index >= 15 is 0 Å². The zero-order valence-corrected chi connectivity index (χ0v) is 23.6. The van der Waals surface area contributed by atoms with E-state index in [-0.39, 0.29) is 36.0 Å². The molecule has 0 unspecified atom stereocenters. The molecule has 5 rings (SSSR count). The van der Waals surface area contributed by atoms with Crippen molar-refractivity contribution in [1.29, 1.82) is 0 Å². The lowest BCUT2D eigenvalue weighted by molar-refractivity contribution is -0.388. The fourth-order valence-corrected chi connectivity index (χ4v) is 5.86. The topological polar surface area (TPSA) is 87.9 Å². The van der Waals surface area contributed by atoms with Crippen LogP contribution in [-0.4, -0.2) is 66.1 Å². The summed E-state index contributed by atoms with van der Waals surface area (Å²) < 4.78 is 59.1. The highest BCUT2D eigenvalue weighted by Crippen LogP contribution is 2.38. The molecule has 12 heteroatoms. The number of hydrogen-bond donors (Lipinski definition) is 1. The first-order valence-electron chi connectivity index (χ1n) is 14.4. The van der Waals surface area contributed by atoms with E-state index in [4.69, 9.17) is 4.74 Å². The molecule has 1 amide bonds. The Morgan fingerprint density at radius 1 is 0.953 bits per heavy atom. The van der Waals surface area contributed by atoms with Gasteiger partial charge in [-0.15, -0.1) is 0 Å². The van der Waals surface area contributed by atoms with E-state index in [9.17, 15) is 32.5 Å². The smallest absolute Gasteiger partial charge is 0.385 e. The third-order valence-corrected chi connectivity index (χ3v) is 8.33. The molecule has 0 radical (unpaired) electrons. The van der Waals surface area contributed by atoms with Gasteiger partial charge in [-0.2, -0.15) is 13.2 Å². The quantitative estimate of drug-likeness (QED) is 0.177. The second-order valence-corrected chi connectivity index (χ2v) is 11.3. The zero-order chi connectivity index (χ0) is 30.6. The van der Waals surface area contributed by atoms with Crippen molar-refractivity contribution in [2.24, 2.45) is 5.92 Å². The van der Waals surface area contributed by atoms with E-state index in [1.54, 1.807) is 6.07 Å². The summed E-state index contributed by atoms with van der Waals surface area (Å²) in [5.41, 5.74) is -0.898. The first-order chi connectivity index (χ1) is 20.5. The summed E-state index contributed by atoms with van der Waals surface area (Å²) in [4.78, 5) is 26.8. The molecule has 1 heterocycles. The van der Waals surface area contributed by atoms with Crippen molar-refractivity contribution in [2.75, 3.05) is 44.6 Å². The number of hydrogen-bond acceptors (Lipinski definition) is 6. The summed E-state index contributed by atoms with van der Waals surface area (Å²) in [6.45, 7) is 3.99. The summed E-state index contributed by atoms with van der Waals surface area (Å²) in [5.74, 6) is -0.0628. The van der Waals surface area contributed by atoms with Crippen LogP contribution in [0.1, 0.15) is 36.8 Å². The number of anilines is 1. The minimum atomic E-state index is -4.82. The van der Waals surface area contributed by atoms with Gasteiger partial charge in [0.25, 0.3) is 5.69 Å². The van der Waals surface area contributed by atoms with Crippen LogP contribution in [0.4, 0.5) is 28.9 Å². The van der Waals surface area contributed by atoms with Gasteiger partial charge in [-0.25, -0.2) is 4.39 Å². The Hall–Kier alpha value is -3.77. The Kier molecular flexibility index (Phi) is 9.46. The van der Waals surface area contributed by atoms with Gasteiger partial charge in [0, 0.05) is 51.0 Å². The molecule has 1 saturated carbocycles. The number of amides is 1. The molecule has 230 valence electrons. The summed E-state index contributed by atoms with van der Waals surface area (Å²) in [7, 11) is 0. The number of halogens is 4. The molecule has 2 fully saturated rings. The number of benzene rings is 3. The Morgan fingerprint density at radius 2 is 1.65 bits per heavy atom. The Labute approximate surface area is 246 Å². The van der Waals surface area contributed by atoms with E-state index in [1.807, 2.05) is 17.0 Å². The summed E-state index contributed by atoms with van der Waals surface area (Å²) in [6, 6.07) is 13.7. The van der Waals surface area contributed by atoms with Crippen LogP contribution in [-0.2, 0) is 22.3 Å². The van der Waals surface area contributed by atoms with Gasteiger partial charge in [-0.3, -0.25) is 19.8 Å². The van der Waals surface area contributed by atoms with Crippen LogP contribution in [0.25, 0.3) is 10.8 Å². The maximum absolute atomic E-state index is 13.4. The molecule has 2 aliphatic rings. The Morgan fingerprint density at radius 3 is 2.35 bits per heavy atom. The maximum atomic E-state index is 13.4. The molecular weight excluding hydrogens is 568 g/mol. The number of carbonyl (C=O) groups is 1. The molecular formula is C31H34F4N4O4. The van der Waals surface area contributed by atoms with Crippen LogP contribution in [0, 0.1) is 21.8 Å². The third-order valence-electron chi connectivity index (χ3n) is 8.33. The van der Waals surface area contributed by atoms with Crippen molar-refractivity contribution in [2.45, 2.75) is 44.5 Å². The zero-order valence-electron chi connectivity index (χ0n) is 23.6. The van der Waals surface area contributed by atoms with Crippen LogP contribution in [0.2, 0.25) is 0 Å². The highest BCUT2D eigenvalue weighted by molar-refractivity contribution is 5.83. The highest BCUT2D eigenvalue weighted by atomic mass is 19.4. The molecule has 0 spiro atoms. The predicted octanol–water partition coefficient (Wildman–Crippen LogP) is 6.24. The van der Waals surface area contributed by atoms with E-state index in [2.05, 4.69) is 16.3 Å². The van der Waals surface area contributed by atoms with Crippen LogP contribution >= 0.6 is 0 Å². The van der Waals surface area contributed by atoms with Gasteiger partial charge in [0.05, 0.1) is 11.0 Å². The van der Waals surface area contributed by atoms with Gasteiger partial charge in [0.1, 0.15) is 18.0 Å². The van der Waals surface area contributed by atoms with Gasteiger partial charge in [-0.05, 0) is 78.3 Å². The largest absolute Gasteiger partial charge is 0.423 e. The third kappa shape index (κ3) is 7.99. The van der Waals surface area contributed by atoms with Gasteiger partial charge in [0.2, 0.25) is 5.91 Å². The van der Waals surface area contributed by atoms with Crippen LogP contribution in [0.5, 0.6) is 0 Å². The lowest BCUT2D eigenvalue weighted by atomic mass is 9.87. The second kappa shape index (κ2) is 13.3. The van der Waals surface area contributed by atoms with Crippen molar-refractivity contribution in [3.05, 3.63) is 81.7 Å². The molecule has 1 N–H and O–H groups in total. The first-order valence-corrected chi connectivity index (χ1v) is 14.4. The second-order valence-electron chi connectivity index (χ2n) is 11.3. The summed E-state index contributed by atoms with van der Waals surface area (Å²) >= 11 is 0. The lowest BCUT2D eigenvalue weighted by Gasteiger charge is -2.35. The van der Waals surface area contributed by atoms with Crippen LogP contribution in [0.15, 0.2) is 54.6 Å². The molecule has 0 atom stereocenters. The average Bonchev–Trinajstić information content (AvgIpc) is 2.99. The number of carbonyl (C=O) groups excluding carboxylic acids is 1. The summed E-state index contributed by atoms with van der Waals surface area (Å²) in [6.07, 6.45) is -1.76.